The second-order valence-corrected chi connectivity index (χ2v) is 3.33. The van der Waals surface area contributed by atoms with Crippen molar-refractivity contribution in [2.45, 2.75) is 52.4 Å². The minimum Gasteiger partial charge on any atom is -0.512 e. The molecule has 0 bridgehead atoms. The summed E-state index contributed by atoms with van der Waals surface area (Å²) >= 11 is 0. The van der Waals surface area contributed by atoms with E-state index in [9.17, 15) is 5.11 Å². The van der Waals surface area contributed by atoms with E-state index < -0.39 is 0 Å². The smallest absolute Gasteiger partial charge is 0.0922 e. The largest absolute Gasteiger partial charge is 0.512 e. The van der Waals surface area contributed by atoms with Gasteiger partial charge in [0.25, 0.3) is 0 Å². The molecule has 13 heavy (non-hydrogen) atoms. The van der Waals surface area contributed by atoms with Crippen molar-refractivity contribution in [1.29, 1.82) is 0 Å². The lowest BCUT2D eigenvalue weighted by Gasteiger charge is -1.95. The van der Waals surface area contributed by atoms with Crippen LogP contribution in [-0.4, -0.2) is 5.11 Å². The molecule has 0 atom stereocenters. The summed E-state index contributed by atoms with van der Waals surface area (Å²) in [5.74, 6) is 0.509. The molecule has 0 spiro atoms. The fourth-order valence-electron chi connectivity index (χ4n) is 1.04. The minimum atomic E-state index is 0.509. The first-order chi connectivity index (χ1) is 6.31. The SMILES string of the molecule is CCCCC=C/C=C(/O)CCCC. The highest BCUT2D eigenvalue weighted by molar-refractivity contribution is 5.06. The Kier molecular flexibility index (Phi) is 8.85. The number of hydrogen-bond donors (Lipinski definition) is 1. The zero-order valence-electron chi connectivity index (χ0n) is 8.92. The molecule has 0 fully saturated rings. The van der Waals surface area contributed by atoms with Gasteiger partial charge in [-0.2, -0.15) is 0 Å². The maximum Gasteiger partial charge on any atom is 0.0922 e. The molecule has 1 heteroatoms. The Morgan fingerprint density at radius 3 is 2.46 bits per heavy atom. The monoisotopic (exact) mass is 182 g/mol. The minimum absolute atomic E-state index is 0.509. The van der Waals surface area contributed by atoms with E-state index in [1.165, 1.54) is 12.8 Å². The van der Waals surface area contributed by atoms with E-state index in [0.717, 1.165) is 25.7 Å². The third-order valence-electron chi connectivity index (χ3n) is 1.94. The lowest BCUT2D eigenvalue weighted by Crippen LogP contribution is -1.79. The van der Waals surface area contributed by atoms with Gasteiger partial charge in [0.1, 0.15) is 0 Å². The van der Waals surface area contributed by atoms with Crippen LogP contribution in [0.1, 0.15) is 52.4 Å². The molecule has 1 nitrogen and oxygen atoms in total. The quantitative estimate of drug-likeness (QED) is 0.352. The van der Waals surface area contributed by atoms with Crippen LogP contribution < -0.4 is 0 Å². The third-order valence-corrected chi connectivity index (χ3v) is 1.94. The van der Waals surface area contributed by atoms with Gasteiger partial charge in [-0.3, -0.25) is 0 Å². The van der Waals surface area contributed by atoms with Crippen molar-refractivity contribution in [1.82, 2.24) is 0 Å². The summed E-state index contributed by atoms with van der Waals surface area (Å²) in [5, 5.41) is 9.35. The average molecular weight is 182 g/mol. The summed E-state index contributed by atoms with van der Waals surface area (Å²) in [4.78, 5) is 0. The lowest BCUT2D eigenvalue weighted by atomic mass is 10.2. The van der Waals surface area contributed by atoms with Crippen LogP contribution in [0.5, 0.6) is 0 Å². The number of aliphatic hydroxyl groups is 1. The van der Waals surface area contributed by atoms with Crippen molar-refractivity contribution in [3.63, 3.8) is 0 Å². The highest BCUT2D eigenvalue weighted by Crippen LogP contribution is 2.04. The van der Waals surface area contributed by atoms with Gasteiger partial charge in [0.2, 0.25) is 0 Å². The average Bonchev–Trinajstić information content (AvgIpc) is 2.14. The van der Waals surface area contributed by atoms with Crippen LogP contribution in [0.4, 0.5) is 0 Å². The van der Waals surface area contributed by atoms with Crippen LogP contribution in [0.3, 0.4) is 0 Å². The summed E-state index contributed by atoms with van der Waals surface area (Å²) in [6, 6.07) is 0. The Morgan fingerprint density at radius 2 is 1.85 bits per heavy atom. The number of rotatable bonds is 7. The van der Waals surface area contributed by atoms with E-state index >= 15 is 0 Å². The number of allylic oxidation sites excluding steroid dienone is 4. The van der Waals surface area contributed by atoms with Crippen molar-refractivity contribution in [3.8, 4) is 0 Å². The van der Waals surface area contributed by atoms with E-state index in [2.05, 4.69) is 19.9 Å². The van der Waals surface area contributed by atoms with Gasteiger partial charge < -0.3 is 5.11 Å². The molecular formula is C12H22O. The van der Waals surface area contributed by atoms with E-state index in [1.807, 2.05) is 12.2 Å². The molecule has 0 aliphatic rings. The Morgan fingerprint density at radius 1 is 1.15 bits per heavy atom. The van der Waals surface area contributed by atoms with Crippen LogP contribution in [0.15, 0.2) is 24.0 Å². The Bertz CT molecular complexity index is 157. The topological polar surface area (TPSA) is 20.2 Å². The number of unbranched alkanes of at least 4 members (excludes halogenated alkanes) is 3. The van der Waals surface area contributed by atoms with Gasteiger partial charge in [-0.05, 0) is 18.9 Å². The van der Waals surface area contributed by atoms with Gasteiger partial charge in [0.15, 0.2) is 0 Å². The van der Waals surface area contributed by atoms with Gasteiger partial charge >= 0.3 is 0 Å². The Hall–Kier alpha value is -0.720. The van der Waals surface area contributed by atoms with Crippen molar-refractivity contribution in [2.75, 3.05) is 0 Å². The molecule has 0 aromatic carbocycles. The Balaban J connectivity index is 3.50. The molecule has 0 heterocycles. The Labute approximate surface area is 82.2 Å². The van der Waals surface area contributed by atoms with Crippen molar-refractivity contribution < 1.29 is 5.11 Å². The standard InChI is InChI=1S/C12H22O/c1-3-5-7-8-9-11-12(13)10-6-4-2/h8-9,11,13H,3-7,10H2,1-2H3/b9-8?,12-11+. The predicted molar refractivity (Wildman–Crippen MR) is 58.9 cm³/mol. The fourth-order valence-corrected chi connectivity index (χ4v) is 1.04. The number of hydrogen-bond acceptors (Lipinski definition) is 1. The maximum absolute atomic E-state index is 9.35. The lowest BCUT2D eigenvalue weighted by molar-refractivity contribution is 0.383. The van der Waals surface area contributed by atoms with Crippen LogP contribution in [0.25, 0.3) is 0 Å². The van der Waals surface area contributed by atoms with Crippen molar-refractivity contribution in [2.24, 2.45) is 0 Å². The van der Waals surface area contributed by atoms with Crippen LogP contribution in [0.2, 0.25) is 0 Å². The molecule has 0 unspecified atom stereocenters. The summed E-state index contributed by atoms with van der Waals surface area (Å²) in [7, 11) is 0. The van der Waals surface area contributed by atoms with Crippen LogP contribution in [-0.2, 0) is 0 Å². The van der Waals surface area contributed by atoms with Crippen LogP contribution >= 0.6 is 0 Å². The molecule has 0 aromatic heterocycles. The zero-order valence-corrected chi connectivity index (χ0v) is 8.92. The van der Waals surface area contributed by atoms with Gasteiger partial charge in [-0.25, -0.2) is 0 Å². The van der Waals surface area contributed by atoms with Gasteiger partial charge in [0.05, 0.1) is 5.76 Å². The normalized spacial score (nSPS) is 12.6. The van der Waals surface area contributed by atoms with E-state index in [1.54, 1.807) is 0 Å². The van der Waals surface area contributed by atoms with Crippen molar-refractivity contribution in [3.05, 3.63) is 24.0 Å². The van der Waals surface area contributed by atoms with Gasteiger partial charge in [0, 0.05) is 6.42 Å². The highest BCUT2D eigenvalue weighted by atomic mass is 16.3. The molecule has 0 rings (SSSR count). The summed E-state index contributed by atoms with van der Waals surface area (Å²) < 4.78 is 0. The first-order valence-corrected chi connectivity index (χ1v) is 5.35. The van der Waals surface area contributed by atoms with E-state index in [0.29, 0.717) is 5.76 Å². The maximum atomic E-state index is 9.35. The first kappa shape index (κ1) is 12.3. The molecule has 0 saturated carbocycles. The zero-order chi connectivity index (χ0) is 9.94. The molecule has 0 aliphatic carbocycles. The van der Waals surface area contributed by atoms with E-state index in [4.69, 9.17) is 0 Å². The summed E-state index contributed by atoms with van der Waals surface area (Å²) in [5.41, 5.74) is 0. The van der Waals surface area contributed by atoms with Gasteiger partial charge in [-0.15, -0.1) is 0 Å². The second kappa shape index (κ2) is 9.37. The first-order valence-electron chi connectivity index (χ1n) is 5.35. The van der Waals surface area contributed by atoms with Crippen LogP contribution in [0, 0.1) is 0 Å². The molecule has 0 saturated heterocycles. The molecular weight excluding hydrogens is 160 g/mol. The third kappa shape index (κ3) is 9.19. The molecule has 0 aliphatic heterocycles. The molecule has 0 radical (unpaired) electrons. The predicted octanol–water partition coefficient (Wildman–Crippen LogP) is 4.36. The van der Waals surface area contributed by atoms with E-state index in [-0.39, 0.29) is 0 Å². The van der Waals surface area contributed by atoms with Crippen molar-refractivity contribution >= 4 is 0 Å². The van der Waals surface area contributed by atoms with Gasteiger partial charge in [-0.1, -0.05) is 45.3 Å². The number of aliphatic hydroxyl groups excluding tert-OH is 1. The summed E-state index contributed by atoms with van der Waals surface area (Å²) in [6.45, 7) is 4.31. The summed E-state index contributed by atoms with van der Waals surface area (Å²) in [6.07, 6.45) is 12.5. The molecule has 76 valence electrons. The highest BCUT2D eigenvalue weighted by Gasteiger charge is 1.88. The molecule has 0 amide bonds. The molecule has 0 aromatic rings. The second-order valence-electron chi connectivity index (χ2n) is 3.33. The molecule has 1 N–H and O–H groups in total. The fraction of sp³-hybridized carbons (Fsp3) is 0.667.